The Labute approximate surface area is 199 Å². The van der Waals surface area contributed by atoms with E-state index < -0.39 is 10.0 Å². The summed E-state index contributed by atoms with van der Waals surface area (Å²) in [6.45, 7) is 2.63. The summed E-state index contributed by atoms with van der Waals surface area (Å²) in [7, 11) is -3.80. The van der Waals surface area contributed by atoms with Crippen LogP contribution in [0.3, 0.4) is 0 Å². The number of benzene rings is 3. The molecule has 1 fully saturated rings. The smallest absolute Gasteiger partial charge is 0.264 e. The van der Waals surface area contributed by atoms with Crippen molar-refractivity contribution >= 4 is 27.3 Å². The van der Waals surface area contributed by atoms with Crippen LogP contribution >= 0.6 is 11.6 Å². The third kappa shape index (κ3) is 4.67. The Hall–Kier alpha value is -2.74. The monoisotopic (exact) mass is 484 g/mol. The van der Waals surface area contributed by atoms with Gasteiger partial charge in [-0.25, -0.2) is 8.42 Å². The van der Waals surface area contributed by atoms with Crippen molar-refractivity contribution in [1.82, 2.24) is 4.90 Å². The zero-order chi connectivity index (χ0) is 22.8. The van der Waals surface area contributed by atoms with E-state index in [0.717, 1.165) is 32.5 Å². The van der Waals surface area contributed by atoms with Crippen LogP contribution in [0.25, 0.3) is 0 Å². The van der Waals surface area contributed by atoms with E-state index in [1.165, 1.54) is 5.56 Å². The Morgan fingerprint density at radius 2 is 1.61 bits per heavy atom. The van der Waals surface area contributed by atoms with Crippen molar-refractivity contribution < 1.29 is 17.9 Å². The summed E-state index contributed by atoms with van der Waals surface area (Å²) < 4.78 is 40.1. The predicted molar refractivity (Wildman–Crippen MR) is 128 cm³/mol. The first kappa shape index (κ1) is 22.1. The van der Waals surface area contributed by atoms with Crippen LogP contribution in [-0.2, 0) is 16.6 Å². The molecule has 0 radical (unpaired) electrons. The van der Waals surface area contributed by atoms with E-state index in [0.29, 0.717) is 22.2 Å². The van der Waals surface area contributed by atoms with Gasteiger partial charge in [0.2, 0.25) is 6.79 Å². The second kappa shape index (κ2) is 9.25. The Bertz CT molecular complexity index is 1210. The maximum absolute atomic E-state index is 13.8. The van der Waals surface area contributed by atoms with Gasteiger partial charge in [0.05, 0.1) is 10.6 Å². The van der Waals surface area contributed by atoms with Crippen molar-refractivity contribution in [2.45, 2.75) is 30.3 Å². The standard InChI is InChI=1S/C25H25ClN2O4S/c26-20-6-9-23(10-7-20)33(29,30)28(22-8-11-24-25(16-22)32-18-31-24)21-12-14-27(15-13-21)17-19-4-2-1-3-5-19/h1-11,16,21H,12-15,17-18H2. The maximum atomic E-state index is 13.8. The molecule has 0 aromatic heterocycles. The number of rotatable bonds is 6. The molecule has 2 aliphatic rings. The van der Waals surface area contributed by atoms with Crippen LogP contribution in [0.2, 0.25) is 5.02 Å². The normalized spacial score (nSPS) is 16.6. The minimum absolute atomic E-state index is 0.139. The molecule has 0 unspecified atom stereocenters. The van der Waals surface area contributed by atoms with Gasteiger partial charge in [0, 0.05) is 36.8 Å². The number of hydrogen-bond donors (Lipinski definition) is 0. The highest BCUT2D eigenvalue weighted by Gasteiger charge is 2.35. The van der Waals surface area contributed by atoms with Crippen molar-refractivity contribution in [2.24, 2.45) is 0 Å². The first-order chi connectivity index (χ1) is 16.0. The number of hydrogen-bond acceptors (Lipinski definition) is 5. The molecular weight excluding hydrogens is 460 g/mol. The summed E-state index contributed by atoms with van der Waals surface area (Å²) in [6.07, 6.45) is 1.46. The van der Waals surface area contributed by atoms with Crippen LogP contribution in [-0.4, -0.2) is 39.2 Å². The Morgan fingerprint density at radius 1 is 0.909 bits per heavy atom. The second-order valence-corrected chi connectivity index (χ2v) is 10.5. The number of anilines is 1. The molecule has 33 heavy (non-hydrogen) atoms. The fourth-order valence-corrected chi connectivity index (χ4v) is 6.27. The summed E-state index contributed by atoms with van der Waals surface area (Å²) in [4.78, 5) is 2.59. The van der Waals surface area contributed by atoms with Crippen molar-refractivity contribution in [3.8, 4) is 11.5 Å². The van der Waals surface area contributed by atoms with Crippen molar-refractivity contribution in [3.63, 3.8) is 0 Å². The number of piperidine rings is 1. The lowest BCUT2D eigenvalue weighted by Crippen LogP contribution is -2.47. The average molecular weight is 485 g/mol. The fraction of sp³-hybridized carbons (Fsp3) is 0.280. The lowest BCUT2D eigenvalue weighted by molar-refractivity contribution is 0.174. The van der Waals surface area contributed by atoms with Gasteiger partial charge in [-0.15, -0.1) is 0 Å². The van der Waals surface area contributed by atoms with Crippen LogP contribution in [0.5, 0.6) is 11.5 Å². The molecular formula is C25H25ClN2O4S. The van der Waals surface area contributed by atoms with Gasteiger partial charge in [-0.2, -0.15) is 0 Å². The number of ether oxygens (including phenoxy) is 2. The summed E-state index contributed by atoms with van der Waals surface area (Å²) in [5.74, 6) is 1.19. The molecule has 0 atom stereocenters. The summed E-state index contributed by atoms with van der Waals surface area (Å²) in [5.41, 5.74) is 1.84. The number of halogens is 1. The SMILES string of the molecule is O=S(=O)(c1ccc(Cl)cc1)N(c1ccc2c(c1)OCO2)C1CCN(Cc2ccccc2)CC1. The lowest BCUT2D eigenvalue weighted by Gasteiger charge is -2.39. The van der Waals surface area contributed by atoms with Gasteiger partial charge in [-0.1, -0.05) is 41.9 Å². The third-order valence-corrected chi connectivity index (χ3v) is 8.27. The van der Waals surface area contributed by atoms with E-state index >= 15 is 0 Å². The molecule has 5 rings (SSSR count). The Kier molecular flexibility index (Phi) is 6.19. The molecule has 0 N–H and O–H groups in total. The molecule has 2 aliphatic heterocycles. The number of sulfonamides is 1. The van der Waals surface area contributed by atoms with Crippen LogP contribution in [0.15, 0.2) is 77.7 Å². The van der Waals surface area contributed by atoms with E-state index in [1.807, 2.05) is 18.2 Å². The zero-order valence-electron chi connectivity index (χ0n) is 18.1. The van der Waals surface area contributed by atoms with E-state index in [1.54, 1.807) is 46.8 Å². The number of nitrogens with zero attached hydrogens (tertiary/aromatic N) is 2. The highest BCUT2D eigenvalue weighted by atomic mass is 35.5. The van der Waals surface area contributed by atoms with Crippen molar-refractivity contribution in [1.29, 1.82) is 0 Å². The maximum Gasteiger partial charge on any atom is 0.264 e. The van der Waals surface area contributed by atoms with Crippen LogP contribution < -0.4 is 13.8 Å². The van der Waals surface area contributed by atoms with Gasteiger partial charge in [-0.05, 0) is 54.8 Å². The first-order valence-electron chi connectivity index (χ1n) is 11.0. The lowest BCUT2D eigenvalue weighted by atomic mass is 10.0. The van der Waals surface area contributed by atoms with E-state index in [2.05, 4.69) is 17.0 Å². The molecule has 6 nitrogen and oxygen atoms in total. The molecule has 0 amide bonds. The van der Waals surface area contributed by atoms with Gasteiger partial charge in [0.15, 0.2) is 11.5 Å². The summed E-state index contributed by atoms with van der Waals surface area (Å²) in [5, 5.41) is 0.498. The predicted octanol–water partition coefficient (Wildman–Crippen LogP) is 4.93. The summed E-state index contributed by atoms with van der Waals surface area (Å²) >= 11 is 6.01. The summed E-state index contributed by atoms with van der Waals surface area (Å²) in [6, 6.07) is 21.8. The highest BCUT2D eigenvalue weighted by Crippen LogP contribution is 2.39. The molecule has 172 valence electrons. The molecule has 2 heterocycles. The third-order valence-electron chi connectivity index (χ3n) is 6.12. The largest absolute Gasteiger partial charge is 0.454 e. The van der Waals surface area contributed by atoms with Gasteiger partial charge >= 0.3 is 0 Å². The molecule has 3 aromatic carbocycles. The Morgan fingerprint density at radius 3 is 2.33 bits per heavy atom. The van der Waals surface area contributed by atoms with Gasteiger partial charge < -0.3 is 9.47 Å². The molecule has 8 heteroatoms. The molecule has 1 saturated heterocycles. The quantitative estimate of drug-likeness (QED) is 0.496. The number of likely N-dealkylation sites (tertiary alicyclic amines) is 1. The van der Waals surface area contributed by atoms with Gasteiger partial charge in [0.25, 0.3) is 10.0 Å². The molecule has 0 bridgehead atoms. The minimum atomic E-state index is -3.80. The highest BCUT2D eigenvalue weighted by molar-refractivity contribution is 7.92. The molecule has 0 spiro atoms. The molecule has 3 aromatic rings. The van der Waals surface area contributed by atoms with Gasteiger partial charge in [0.1, 0.15) is 0 Å². The van der Waals surface area contributed by atoms with E-state index in [9.17, 15) is 8.42 Å². The second-order valence-electron chi connectivity index (χ2n) is 8.29. The van der Waals surface area contributed by atoms with Crippen molar-refractivity contribution in [3.05, 3.63) is 83.4 Å². The molecule has 0 saturated carbocycles. The fourth-order valence-electron chi connectivity index (χ4n) is 4.44. The van der Waals surface area contributed by atoms with Crippen LogP contribution in [0.1, 0.15) is 18.4 Å². The van der Waals surface area contributed by atoms with Crippen LogP contribution in [0.4, 0.5) is 5.69 Å². The van der Waals surface area contributed by atoms with Crippen LogP contribution in [0, 0.1) is 0 Å². The number of fused-ring (bicyclic) bond motifs is 1. The minimum Gasteiger partial charge on any atom is -0.454 e. The van der Waals surface area contributed by atoms with Crippen molar-refractivity contribution in [2.75, 3.05) is 24.2 Å². The zero-order valence-corrected chi connectivity index (χ0v) is 19.6. The van der Waals surface area contributed by atoms with E-state index in [-0.39, 0.29) is 17.7 Å². The Balaban J connectivity index is 1.43. The van der Waals surface area contributed by atoms with E-state index in [4.69, 9.17) is 21.1 Å². The van der Waals surface area contributed by atoms with Gasteiger partial charge in [-0.3, -0.25) is 9.21 Å². The molecule has 0 aliphatic carbocycles. The topological polar surface area (TPSA) is 59.1 Å². The first-order valence-corrected chi connectivity index (χ1v) is 12.8. The average Bonchev–Trinajstić information content (AvgIpc) is 3.29.